The molecule has 0 bridgehead atoms. The Kier molecular flexibility index (Phi) is 5.57. The van der Waals surface area contributed by atoms with E-state index in [9.17, 15) is 5.11 Å². The van der Waals surface area contributed by atoms with Crippen molar-refractivity contribution in [3.8, 4) is 11.8 Å². The summed E-state index contributed by atoms with van der Waals surface area (Å²) >= 11 is 0. The Morgan fingerprint density at radius 1 is 1.38 bits per heavy atom. The van der Waals surface area contributed by atoms with Crippen LogP contribution in [0.2, 0.25) is 0 Å². The van der Waals surface area contributed by atoms with Crippen LogP contribution in [0.5, 0.6) is 5.75 Å². The van der Waals surface area contributed by atoms with E-state index in [0.717, 1.165) is 26.1 Å². The minimum atomic E-state index is -0.569. The van der Waals surface area contributed by atoms with Crippen LogP contribution in [0.15, 0.2) is 24.3 Å². The molecule has 1 atom stereocenters. The summed E-state index contributed by atoms with van der Waals surface area (Å²) in [7, 11) is 0. The SMILES string of the molecule is CC1(NCC(O)COc2ccc(C#N)cc2)CCOCC1. The zero-order chi connectivity index (χ0) is 15.1. The van der Waals surface area contributed by atoms with Gasteiger partial charge in [-0.3, -0.25) is 0 Å². The minimum Gasteiger partial charge on any atom is -0.491 e. The number of nitrogens with one attached hydrogen (secondary N) is 1. The van der Waals surface area contributed by atoms with E-state index in [2.05, 4.69) is 18.3 Å². The van der Waals surface area contributed by atoms with E-state index < -0.39 is 6.10 Å². The van der Waals surface area contributed by atoms with Crippen molar-refractivity contribution in [1.82, 2.24) is 5.32 Å². The molecule has 0 aromatic heterocycles. The van der Waals surface area contributed by atoms with Crippen molar-refractivity contribution < 1.29 is 14.6 Å². The lowest BCUT2D eigenvalue weighted by atomic mass is 9.92. The third-order valence-corrected chi connectivity index (χ3v) is 3.79. The summed E-state index contributed by atoms with van der Waals surface area (Å²) in [4.78, 5) is 0. The molecule has 1 heterocycles. The molecule has 1 fully saturated rings. The van der Waals surface area contributed by atoms with Gasteiger partial charge < -0.3 is 19.9 Å². The number of benzene rings is 1. The Morgan fingerprint density at radius 3 is 2.67 bits per heavy atom. The van der Waals surface area contributed by atoms with Crippen LogP contribution in [0.3, 0.4) is 0 Å². The second kappa shape index (κ2) is 7.41. The van der Waals surface area contributed by atoms with Crippen LogP contribution in [-0.2, 0) is 4.74 Å². The highest BCUT2D eigenvalue weighted by atomic mass is 16.5. The second-order valence-corrected chi connectivity index (χ2v) is 5.65. The first-order valence-electron chi connectivity index (χ1n) is 7.25. The Bertz CT molecular complexity index is 475. The predicted molar refractivity (Wildman–Crippen MR) is 79.1 cm³/mol. The summed E-state index contributed by atoms with van der Waals surface area (Å²) in [5.41, 5.74) is 0.630. The molecule has 0 aliphatic carbocycles. The van der Waals surface area contributed by atoms with Gasteiger partial charge in [-0.1, -0.05) is 0 Å². The summed E-state index contributed by atoms with van der Waals surface area (Å²) in [6.45, 7) is 4.41. The van der Waals surface area contributed by atoms with Crippen molar-refractivity contribution >= 4 is 0 Å². The van der Waals surface area contributed by atoms with Crippen LogP contribution < -0.4 is 10.1 Å². The number of ether oxygens (including phenoxy) is 2. The molecule has 0 amide bonds. The molecule has 2 rings (SSSR count). The number of aliphatic hydroxyl groups is 1. The third-order valence-electron chi connectivity index (χ3n) is 3.79. The van der Waals surface area contributed by atoms with Crippen LogP contribution in [0.1, 0.15) is 25.3 Å². The van der Waals surface area contributed by atoms with Crippen molar-refractivity contribution in [2.24, 2.45) is 0 Å². The molecule has 114 valence electrons. The number of nitriles is 1. The number of hydrogen-bond acceptors (Lipinski definition) is 5. The molecule has 1 aliphatic rings. The third kappa shape index (κ3) is 5.01. The number of β-amino-alcohol motifs (C(OH)–C–C–N with tert-alkyl or cyclic N) is 1. The summed E-state index contributed by atoms with van der Waals surface area (Å²) in [5, 5.41) is 22.1. The molecule has 1 aromatic rings. The molecule has 1 saturated heterocycles. The molecule has 21 heavy (non-hydrogen) atoms. The van der Waals surface area contributed by atoms with Crippen LogP contribution in [0, 0.1) is 11.3 Å². The lowest BCUT2D eigenvalue weighted by Gasteiger charge is -2.35. The number of aliphatic hydroxyl groups excluding tert-OH is 1. The Labute approximate surface area is 125 Å². The Morgan fingerprint density at radius 2 is 2.05 bits per heavy atom. The fraction of sp³-hybridized carbons (Fsp3) is 0.562. The topological polar surface area (TPSA) is 74.5 Å². The number of nitrogens with zero attached hydrogens (tertiary/aromatic N) is 1. The molecule has 1 aliphatic heterocycles. The first-order valence-corrected chi connectivity index (χ1v) is 7.25. The van der Waals surface area contributed by atoms with Gasteiger partial charge in [-0.05, 0) is 44.0 Å². The molecule has 5 nitrogen and oxygen atoms in total. The van der Waals surface area contributed by atoms with E-state index in [1.807, 2.05) is 0 Å². The molecular formula is C16H22N2O3. The summed E-state index contributed by atoms with van der Waals surface area (Å²) < 4.78 is 10.9. The zero-order valence-corrected chi connectivity index (χ0v) is 12.3. The normalized spacial score (nSPS) is 18.7. The van der Waals surface area contributed by atoms with E-state index in [1.54, 1.807) is 24.3 Å². The number of hydrogen-bond donors (Lipinski definition) is 2. The first kappa shape index (κ1) is 15.8. The summed E-state index contributed by atoms with van der Waals surface area (Å²) in [6.07, 6.45) is 1.34. The van der Waals surface area contributed by atoms with Crippen LogP contribution in [0.25, 0.3) is 0 Å². The Hall–Kier alpha value is -1.61. The standard InChI is InChI=1S/C16H22N2O3/c1-16(6-8-20-9-7-16)18-11-14(19)12-21-15-4-2-13(10-17)3-5-15/h2-5,14,18-19H,6-9,11-12H2,1H3. The minimum absolute atomic E-state index is 0.0354. The van der Waals surface area contributed by atoms with Crippen molar-refractivity contribution in [3.63, 3.8) is 0 Å². The van der Waals surface area contributed by atoms with Crippen molar-refractivity contribution in [2.45, 2.75) is 31.4 Å². The quantitative estimate of drug-likeness (QED) is 0.829. The van der Waals surface area contributed by atoms with Crippen molar-refractivity contribution in [3.05, 3.63) is 29.8 Å². The van der Waals surface area contributed by atoms with E-state index in [4.69, 9.17) is 14.7 Å². The van der Waals surface area contributed by atoms with Gasteiger partial charge in [0, 0.05) is 25.3 Å². The average molecular weight is 290 g/mol. The highest BCUT2D eigenvalue weighted by Crippen LogP contribution is 2.19. The van der Waals surface area contributed by atoms with E-state index in [-0.39, 0.29) is 12.1 Å². The molecule has 0 spiro atoms. The summed E-state index contributed by atoms with van der Waals surface area (Å²) in [5.74, 6) is 0.658. The molecule has 5 heteroatoms. The number of rotatable bonds is 6. The van der Waals surface area contributed by atoms with E-state index in [0.29, 0.717) is 17.9 Å². The monoisotopic (exact) mass is 290 g/mol. The fourth-order valence-electron chi connectivity index (χ4n) is 2.24. The van der Waals surface area contributed by atoms with Crippen LogP contribution >= 0.6 is 0 Å². The lowest BCUT2D eigenvalue weighted by molar-refractivity contribution is 0.0342. The van der Waals surface area contributed by atoms with Crippen LogP contribution in [0.4, 0.5) is 0 Å². The zero-order valence-electron chi connectivity index (χ0n) is 12.3. The maximum Gasteiger partial charge on any atom is 0.119 e. The van der Waals surface area contributed by atoms with Crippen LogP contribution in [-0.4, -0.2) is 43.1 Å². The Balaban J connectivity index is 1.71. The van der Waals surface area contributed by atoms with Crippen molar-refractivity contribution in [2.75, 3.05) is 26.4 Å². The van der Waals surface area contributed by atoms with Gasteiger partial charge in [0.2, 0.25) is 0 Å². The fourth-order valence-corrected chi connectivity index (χ4v) is 2.24. The predicted octanol–water partition coefficient (Wildman–Crippen LogP) is 1.46. The lowest BCUT2D eigenvalue weighted by Crippen LogP contribution is -2.50. The summed E-state index contributed by atoms with van der Waals surface area (Å²) in [6, 6.07) is 8.92. The maximum atomic E-state index is 9.99. The van der Waals surface area contributed by atoms with Gasteiger partial charge in [-0.15, -0.1) is 0 Å². The van der Waals surface area contributed by atoms with Gasteiger partial charge in [-0.25, -0.2) is 0 Å². The van der Waals surface area contributed by atoms with Crippen molar-refractivity contribution in [1.29, 1.82) is 5.26 Å². The molecule has 0 radical (unpaired) electrons. The van der Waals surface area contributed by atoms with E-state index in [1.165, 1.54) is 0 Å². The second-order valence-electron chi connectivity index (χ2n) is 5.65. The average Bonchev–Trinajstić information content (AvgIpc) is 2.52. The molecule has 1 aromatic carbocycles. The van der Waals surface area contributed by atoms with Gasteiger partial charge in [0.25, 0.3) is 0 Å². The highest BCUT2D eigenvalue weighted by Gasteiger charge is 2.27. The first-order chi connectivity index (χ1) is 10.1. The molecule has 0 saturated carbocycles. The molecule has 1 unspecified atom stereocenters. The van der Waals surface area contributed by atoms with Gasteiger partial charge in [0.05, 0.1) is 11.6 Å². The largest absolute Gasteiger partial charge is 0.491 e. The highest BCUT2D eigenvalue weighted by molar-refractivity contribution is 5.34. The molecule has 2 N–H and O–H groups in total. The van der Waals surface area contributed by atoms with Gasteiger partial charge in [-0.2, -0.15) is 5.26 Å². The van der Waals surface area contributed by atoms with Gasteiger partial charge in [0.1, 0.15) is 18.5 Å². The molecular weight excluding hydrogens is 268 g/mol. The van der Waals surface area contributed by atoms with Gasteiger partial charge >= 0.3 is 0 Å². The smallest absolute Gasteiger partial charge is 0.119 e. The van der Waals surface area contributed by atoms with Gasteiger partial charge in [0.15, 0.2) is 0 Å². The van der Waals surface area contributed by atoms with E-state index >= 15 is 0 Å². The maximum absolute atomic E-state index is 9.99.